The van der Waals surface area contributed by atoms with Crippen molar-refractivity contribution in [3.05, 3.63) is 64.5 Å². The Morgan fingerprint density at radius 3 is 2.90 bits per heavy atom. The van der Waals surface area contributed by atoms with Crippen molar-refractivity contribution in [1.29, 1.82) is 0 Å². The molecule has 0 radical (unpaired) electrons. The summed E-state index contributed by atoms with van der Waals surface area (Å²) in [6, 6.07) is 11.5. The SMILES string of the molecule is CNC1CCc2cc(OCc3cc(F)ccc3C)ccc21. The molecular weight excluding hydrogens is 265 g/mol. The molecule has 1 N–H and O–H groups in total. The van der Waals surface area contributed by atoms with Crippen molar-refractivity contribution in [3.63, 3.8) is 0 Å². The Morgan fingerprint density at radius 2 is 2.10 bits per heavy atom. The molecule has 2 aromatic carbocycles. The summed E-state index contributed by atoms with van der Waals surface area (Å²) in [5.41, 5.74) is 4.66. The summed E-state index contributed by atoms with van der Waals surface area (Å²) in [6.07, 6.45) is 2.22. The van der Waals surface area contributed by atoms with Gasteiger partial charge in [0, 0.05) is 6.04 Å². The van der Waals surface area contributed by atoms with Gasteiger partial charge >= 0.3 is 0 Å². The fourth-order valence-electron chi connectivity index (χ4n) is 2.94. The second-order valence-electron chi connectivity index (χ2n) is 5.60. The van der Waals surface area contributed by atoms with E-state index in [9.17, 15) is 4.39 Å². The highest BCUT2D eigenvalue weighted by atomic mass is 19.1. The van der Waals surface area contributed by atoms with Gasteiger partial charge in [-0.1, -0.05) is 12.1 Å². The predicted octanol–water partition coefficient (Wildman–Crippen LogP) is 3.92. The van der Waals surface area contributed by atoms with E-state index in [4.69, 9.17) is 4.74 Å². The minimum Gasteiger partial charge on any atom is -0.489 e. The van der Waals surface area contributed by atoms with E-state index in [0.717, 1.165) is 29.7 Å². The molecule has 1 atom stereocenters. The lowest BCUT2D eigenvalue weighted by Crippen LogP contribution is -2.12. The molecule has 3 rings (SSSR count). The van der Waals surface area contributed by atoms with E-state index in [1.807, 2.05) is 20.0 Å². The van der Waals surface area contributed by atoms with Crippen LogP contribution < -0.4 is 10.1 Å². The summed E-state index contributed by atoms with van der Waals surface area (Å²) in [7, 11) is 2.00. The van der Waals surface area contributed by atoms with Gasteiger partial charge in [-0.2, -0.15) is 0 Å². The van der Waals surface area contributed by atoms with Gasteiger partial charge in [-0.25, -0.2) is 4.39 Å². The molecule has 2 nitrogen and oxygen atoms in total. The number of benzene rings is 2. The molecule has 2 aromatic rings. The Morgan fingerprint density at radius 1 is 1.24 bits per heavy atom. The first kappa shape index (κ1) is 14.1. The maximum absolute atomic E-state index is 13.3. The van der Waals surface area contributed by atoms with Crippen LogP contribution in [0, 0.1) is 12.7 Å². The van der Waals surface area contributed by atoms with E-state index in [0.29, 0.717) is 12.6 Å². The van der Waals surface area contributed by atoms with Crippen LogP contribution in [-0.2, 0) is 13.0 Å². The molecule has 3 heteroatoms. The van der Waals surface area contributed by atoms with Crippen molar-refractivity contribution < 1.29 is 9.13 Å². The van der Waals surface area contributed by atoms with Crippen LogP contribution in [0.1, 0.15) is 34.7 Å². The third-order valence-electron chi connectivity index (χ3n) is 4.25. The largest absolute Gasteiger partial charge is 0.489 e. The van der Waals surface area contributed by atoms with Crippen LogP contribution in [0.5, 0.6) is 5.75 Å². The van der Waals surface area contributed by atoms with E-state index in [1.54, 1.807) is 12.1 Å². The standard InChI is InChI=1S/C18H20FNO/c1-12-3-5-15(19)9-14(12)11-21-16-6-7-17-13(10-16)4-8-18(17)20-2/h3,5-7,9-10,18,20H,4,8,11H2,1-2H3. The van der Waals surface area contributed by atoms with E-state index in [-0.39, 0.29) is 5.82 Å². The van der Waals surface area contributed by atoms with Gasteiger partial charge in [0.15, 0.2) is 0 Å². The molecule has 21 heavy (non-hydrogen) atoms. The Hall–Kier alpha value is -1.87. The molecule has 0 aromatic heterocycles. The Kier molecular flexibility index (Phi) is 3.93. The van der Waals surface area contributed by atoms with Crippen LogP contribution in [0.4, 0.5) is 4.39 Å². The van der Waals surface area contributed by atoms with Crippen LogP contribution in [0.25, 0.3) is 0 Å². The molecule has 110 valence electrons. The van der Waals surface area contributed by atoms with Gasteiger partial charge < -0.3 is 10.1 Å². The van der Waals surface area contributed by atoms with E-state index < -0.39 is 0 Å². The van der Waals surface area contributed by atoms with Gasteiger partial charge in [-0.3, -0.25) is 0 Å². The normalized spacial score (nSPS) is 16.8. The average Bonchev–Trinajstić information content (AvgIpc) is 2.90. The van der Waals surface area contributed by atoms with Crippen molar-refractivity contribution >= 4 is 0 Å². The highest BCUT2D eigenvalue weighted by Crippen LogP contribution is 2.33. The minimum atomic E-state index is -0.218. The monoisotopic (exact) mass is 285 g/mol. The lowest BCUT2D eigenvalue weighted by atomic mass is 10.1. The van der Waals surface area contributed by atoms with Crippen molar-refractivity contribution in [2.75, 3.05) is 7.05 Å². The number of rotatable bonds is 4. The highest BCUT2D eigenvalue weighted by Gasteiger charge is 2.21. The molecule has 1 aliphatic rings. The quantitative estimate of drug-likeness (QED) is 0.919. The number of fused-ring (bicyclic) bond motifs is 1. The highest BCUT2D eigenvalue weighted by molar-refractivity contribution is 5.40. The smallest absolute Gasteiger partial charge is 0.123 e. The first-order valence-electron chi connectivity index (χ1n) is 7.35. The van der Waals surface area contributed by atoms with Crippen LogP contribution in [0.2, 0.25) is 0 Å². The second kappa shape index (κ2) is 5.86. The van der Waals surface area contributed by atoms with E-state index >= 15 is 0 Å². The third-order valence-corrected chi connectivity index (χ3v) is 4.25. The fraction of sp³-hybridized carbons (Fsp3) is 0.333. The Bertz CT molecular complexity index is 654. The second-order valence-corrected chi connectivity index (χ2v) is 5.60. The summed E-state index contributed by atoms with van der Waals surface area (Å²) in [5, 5.41) is 3.33. The maximum Gasteiger partial charge on any atom is 0.123 e. The van der Waals surface area contributed by atoms with Gasteiger partial charge in [0.25, 0.3) is 0 Å². The van der Waals surface area contributed by atoms with E-state index in [2.05, 4.69) is 17.4 Å². The summed E-state index contributed by atoms with van der Waals surface area (Å²) < 4.78 is 19.1. The lowest BCUT2D eigenvalue weighted by molar-refractivity contribution is 0.304. The molecule has 0 heterocycles. The topological polar surface area (TPSA) is 21.3 Å². The van der Waals surface area contributed by atoms with Gasteiger partial charge in [0.1, 0.15) is 18.2 Å². The molecule has 0 saturated heterocycles. The number of aryl methyl sites for hydroxylation is 2. The number of halogens is 1. The van der Waals surface area contributed by atoms with Gasteiger partial charge in [-0.05, 0) is 73.3 Å². The first-order chi connectivity index (χ1) is 10.2. The van der Waals surface area contributed by atoms with Gasteiger partial charge in [-0.15, -0.1) is 0 Å². The fourth-order valence-corrected chi connectivity index (χ4v) is 2.94. The molecule has 0 fully saturated rings. The Balaban J connectivity index is 1.73. The summed E-state index contributed by atoms with van der Waals surface area (Å²) >= 11 is 0. The van der Waals surface area contributed by atoms with E-state index in [1.165, 1.54) is 17.2 Å². The van der Waals surface area contributed by atoms with Crippen LogP contribution in [0.15, 0.2) is 36.4 Å². The van der Waals surface area contributed by atoms with Crippen molar-refractivity contribution in [2.45, 2.75) is 32.4 Å². The third kappa shape index (κ3) is 2.93. The van der Waals surface area contributed by atoms with Crippen molar-refractivity contribution in [1.82, 2.24) is 5.32 Å². The number of ether oxygens (including phenoxy) is 1. The summed E-state index contributed by atoms with van der Waals surface area (Å²) in [5.74, 6) is 0.638. The lowest BCUT2D eigenvalue weighted by Gasteiger charge is -2.12. The summed E-state index contributed by atoms with van der Waals surface area (Å²) in [4.78, 5) is 0. The number of hydrogen-bond donors (Lipinski definition) is 1. The molecule has 0 saturated carbocycles. The van der Waals surface area contributed by atoms with Crippen molar-refractivity contribution in [2.24, 2.45) is 0 Å². The Labute approximate surface area is 125 Å². The number of nitrogens with one attached hydrogen (secondary N) is 1. The molecule has 0 amide bonds. The predicted molar refractivity (Wildman–Crippen MR) is 82.0 cm³/mol. The molecule has 1 unspecified atom stereocenters. The minimum absolute atomic E-state index is 0.218. The zero-order valence-corrected chi connectivity index (χ0v) is 12.4. The zero-order chi connectivity index (χ0) is 14.8. The average molecular weight is 285 g/mol. The maximum atomic E-state index is 13.3. The van der Waals surface area contributed by atoms with Crippen LogP contribution in [0.3, 0.4) is 0 Å². The van der Waals surface area contributed by atoms with Gasteiger partial charge in [0.2, 0.25) is 0 Å². The molecular formula is C18H20FNO. The number of hydrogen-bond acceptors (Lipinski definition) is 2. The van der Waals surface area contributed by atoms with Crippen LogP contribution >= 0.6 is 0 Å². The van der Waals surface area contributed by atoms with Crippen LogP contribution in [-0.4, -0.2) is 7.05 Å². The summed E-state index contributed by atoms with van der Waals surface area (Å²) in [6.45, 7) is 2.37. The molecule has 1 aliphatic carbocycles. The zero-order valence-electron chi connectivity index (χ0n) is 12.4. The van der Waals surface area contributed by atoms with Gasteiger partial charge in [0.05, 0.1) is 0 Å². The molecule has 0 bridgehead atoms. The first-order valence-corrected chi connectivity index (χ1v) is 7.35. The van der Waals surface area contributed by atoms with Crippen molar-refractivity contribution in [3.8, 4) is 5.75 Å². The molecule has 0 aliphatic heterocycles. The molecule has 0 spiro atoms.